The Kier molecular flexibility index (Phi) is 3.34. The van der Waals surface area contributed by atoms with E-state index < -0.39 is 0 Å². The molecule has 0 aliphatic heterocycles. The van der Waals surface area contributed by atoms with E-state index in [2.05, 4.69) is 73.7 Å². The van der Waals surface area contributed by atoms with E-state index in [1.54, 1.807) is 0 Å². The van der Waals surface area contributed by atoms with E-state index in [4.69, 9.17) is 4.74 Å². The molecule has 0 radical (unpaired) electrons. The molecule has 0 saturated carbocycles. The van der Waals surface area contributed by atoms with Gasteiger partial charge in [0.2, 0.25) is 0 Å². The van der Waals surface area contributed by atoms with E-state index in [1.165, 1.54) is 28.3 Å². The van der Waals surface area contributed by atoms with Gasteiger partial charge in [0.05, 0.1) is 0 Å². The summed E-state index contributed by atoms with van der Waals surface area (Å²) in [7, 11) is 0. The zero-order chi connectivity index (χ0) is 14.9. The predicted molar refractivity (Wildman–Crippen MR) is 91.2 cm³/mol. The van der Waals surface area contributed by atoms with Crippen LogP contribution in [0.5, 0.6) is 5.75 Å². The van der Waals surface area contributed by atoms with Gasteiger partial charge in [-0.1, -0.05) is 67.6 Å². The Morgan fingerprint density at radius 1 is 0.864 bits per heavy atom. The first kappa shape index (κ1) is 13.4. The van der Waals surface area contributed by atoms with Crippen LogP contribution >= 0.6 is 0 Å². The van der Waals surface area contributed by atoms with E-state index >= 15 is 0 Å². The summed E-state index contributed by atoms with van der Waals surface area (Å²) in [4.78, 5) is 0. The van der Waals surface area contributed by atoms with E-state index in [0.29, 0.717) is 5.92 Å². The first-order valence-corrected chi connectivity index (χ1v) is 8.05. The lowest BCUT2D eigenvalue weighted by atomic mass is 9.82. The van der Waals surface area contributed by atoms with Crippen LogP contribution in [0.1, 0.15) is 30.6 Å². The average molecular weight is 288 g/mol. The molecule has 0 fully saturated rings. The smallest absolute Gasteiger partial charge is 0.128 e. The Morgan fingerprint density at radius 3 is 2.59 bits per heavy atom. The van der Waals surface area contributed by atoms with Gasteiger partial charge in [-0.25, -0.2) is 0 Å². The summed E-state index contributed by atoms with van der Waals surface area (Å²) in [5.41, 5.74) is 2.79. The van der Waals surface area contributed by atoms with Crippen molar-refractivity contribution in [3.63, 3.8) is 0 Å². The number of hydrogen-bond donors (Lipinski definition) is 0. The van der Waals surface area contributed by atoms with Crippen LogP contribution in [0.3, 0.4) is 0 Å². The maximum absolute atomic E-state index is 6.51. The summed E-state index contributed by atoms with van der Waals surface area (Å²) in [6, 6.07) is 23.5. The summed E-state index contributed by atoms with van der Waals surface area (Å²) in [5.74, 6) is 1.53. The standard InChI is InChI=1S/C21H20O/c1-15-13-14-17-8-3-5-11-19(17)21(15)22-20-12-6-9-16-7-2-4-10-18(16)20/h2-12,15,21H,13-14H2,1H3/t15-,21+/m0/s1. The highest BCUT2D eigenvalue weighted by atomic mass is 16.5. The lowest BCUT2D eigenvalue weighted by Gasteiger charge is -2.32. The summed E-state index contributed by atoms with van der Waals surface area (Å²) in [5, 5.41) is 2.43. The zero-order valence-electron chi connectivity index (χ0n) is 12.8. The largest absolute Gasteiger partial charge is 0.485 e. The van der Waals surface area contributed by atoms with Crippen LogP contribution in [0, 0.1) is 5.92 Å². The van der Waals surface area contributed by atoms with Crippen LogP contribution in [0.25, 0.3) is 10.8 Å². The van der Waals surface area contributed by atoms with Crippen molar-refractivity contribution in [2.45, 2.75) is 25.9 Å². The van der Waals surface area contributed by atoms with Crippen LogP contribution in [0.4, 0.5) is 0 Å². The molecule has 3 aromatic carbocycles. The van der Waals surface area contributed by atoms with E-state index in [1.807, 2.05) is 0 Å². The van der Waals surface area contributed by atoms with Crippen LogP contribution in [0.15, 0.2) is 66.7 Å². The number of fused-ring (bicyclic) bond motifs is 2. The molecule has 1 nitrogen and oxygen atoms in total. The van der Waals surface area contributed by atoms with Crippen molar-refractivity contribution in [1.82, 2.24) is 0 Å². The molecule has 0 saturated heterocycles. The third-order valence-electron chi connectivity index (χ3n) is 4.75. The average Bonchev–Trinajstić information content (AvgIpc) is 2.58. The summed E-state index contributed by atoms with van der Waals surface area (Å²) < 4.78 is 6.51. The number of hydrogen-bond acceptors (Lipinski definition) is 1. The maximum Gasteiger partial charge on any atom is 0.128 e. The third kappa shape index (κ3) is 2.27. The van der Waals surface area contributed by atoms with Crippen molar-refractivity contribution in [2.75, 3.05) is 0 Å². The molecule has 0 aromatic heterocycles. The summed E-state index contributed by atoms with van der Waals surface area (Å²) in [6.07, 6.45) is 2.50. The number of ether oxygens (including phenoxy) is 1. The molecule has 0 N–H and O–H groups in total. The van der Waals surface area contributed by atoms with Crippen LogP contribution in [0.2, 0.25) is 0 Å². The van der Waals surface area contributed by atoms with Crippen molar-refractivity contribution in [1.29, 1.82) is 0 Å². The molecule has 22 heavy (non-hydrogen) atoms. The van der Waals surface area contributed by atoms with Crippen LogP contribution < -0.4 is 4.74 Å². The van der Waals surface area contributed by atoms with Gasteiger partial charge in [-0.05, 0) is 41.3 Å². The Morgan fingerprint density at radius 2 is 1.64 bits per heavy atom. The second kappa shape index (κ2) is 5.49. The molecular formula is C21H20O. The Hall–Kier alpha value is -2.28. The quantitative estimate of drug-likeness (QED) is 0.601. The molecule has 1 aliphatic rings. The molecule has 0 unspecified atom stereocenters. The van der Waals surface area contributed by atoms with Crippen molar-refractivity contribution in [3.05, 3.63) is 77.9 Å². The van der Waals surface area contributed by atoms with Gasteiger partial charge in [-0.15, -0.1) is 0 Å². The van der Waals surface area contributed by atoms with E-state index in [-0.39, 0.29) is 6.10 Å². The fourth-order valence-electron chi connectivity index (χ4n) is 3.50. The van der Waals surface area contributed by atoms with Crippen LogP contribution in [-0.2, 0) is 6.42 Å². The SMILES string of the molecule is C[C@H]1CCc2ccccc2[C@@H]1Oc1cccc2ccccc12. The second-order valence-electron chi connectivity index (χ2n) is 6.23. The molecular weight excluding hydrogens is 268 g/mol. The van der Waals surface area contributed by atoms with Gasteiger partial charge in [0.1, 0.15) is 11.9 Å². The van der Waals surface area contributed by atoms with Crippen molar-refractivity contribution < 1.29 is 4.74 Å². The van der Waals surface area contributed by atoms with Gasteiger partial charge in [0, 0.05) is 5.39 Å². The fraction of sp³-hybridized carbons (Fsp3) is 0.238. The summed E-state index contributed by atoms with van der Waals surface area (Å²) in [6.45, 7) is 2.30. The van der Waals surface area contributed by atoms with Crippen molar-refractivity contribution in [3.8, 4) is 5.75 Å². The van der Waals surface area contributed by atoms with E-state index in [9.17, 15) is 0 Å². The molecule has 1 aliphatic carbocycles. The molecule has 0 bridgehead atoms. The lowest BCUT2D eigenvalue weighted by Crippen LogP contribution is -2.23. The minimum Gasteiger partial charge on any atom is -0.485 e. The molecule has 0 spiro atoms. The number of benzene rings is 3. The van der Waals surface area contributed by atoms with Crippen LogP contribution in [-0.4, -0.2) is 0 Å². The fourth-order valence-corrected chi connectivity index (χ4v) is 3.50. The Balaban J connectivity index is 1.76. The highest BCUT2D eigenvalue weighted by molar-refractivity contribution is 5.88. The molecule has 4 rings (SSSR count). The minimum atomic E-state index is 0.149. The molecule has 1 heteroatoms. The number of aryl methyl sites for hydroxylation is 1. The lowest BCUT2D eigenvalue weighted by molar-refractivity contribution is 0.131. The zero-order valence-corrected chi connectivity index (χ0v) is 12.8. The predicted octanol–water partition coefficient (Wildman–Crippen LogP) is 5.54. The molecule has 110 valence electrons. The highest BCUT2D eigenvalue weighted by Crippen LogP contribution is 2.39. The van der Waals surface area contributed by atoms with Gasteiger partial charge < -0.3 is 4.74 Å². The third-order valence-corrected chi connectivity index (χ3v) is 4.75. The molecule has 2 atom stereocenters. The van der Waals surface area contributed by atoms with Gasteiger partial charge >= 0.3 is 0 Å². The first-order valence-electron chi connectivity index (χ1n) is 8.05. The second-order valence-corrected chi connectivity index (χ2v) is 6.23. The highest BCUT2D eigenvalue weighted by Gasteiger charge is 2.28. The maximum atomic E-state index is 6.51. The molecule has 3 aromatic rings. The van der Waals surface area contributed by atoms with Gasteiger partial charge in [-0.2, -0.15) is 0 Å². The summed E-state index contributed by atoms with van der Waals surface area (Å²) >= 11 is 0. The minimum absolute atomic E-state index is 0.149. The molecule has 0 amide bonds. The molecule has 0 heterocycles. The Labute approximate surface area is 131 Å². The van der Waals surface area contributed by atoms with Gasteiger partial charge in [0.25, 0.3) is 0 Å². The normalized spacial score (nSPS) is 20.6. The van der Waals surface area contributed by atoms with Crippen molar-refractivity contribution in [2.24, 2.45) is 5.92 Å². The topological polar surface area (TPSA) is 9.23 Å². The van der Waals surface area contributed by atoms with Crippen molar-refractivity contribution >= 4 is 10.8 Å². The monoisotopic (exact) mass is 288 g/mol. The van der Waals surface area contributed by atoms with Gasteiger partial charge in [-0.3, -0.25) is 0 Å². The number of rotatable bonds is 2. The first-order chi connectivity index (χ1) is 10.8. The van der Waals surface area contributed by atoms with Gasteiger partial charge in [0.15, 0.2) is 0 Å². The van der Waals surface area contributed by atoms with E-state index in [0.717, 1.165) is 12.2 Å². The Bertz CT molecular complexity index is 800.